The van der Waals surface area contributed by atoms with Gasteiger partial charge < -0.3 is 14.3 Å². The highest BCUT2D eigenvalue weighted by atomic mass is 16.7. The van der Waals surface area contributed by atoms with Gasteiger partial charge in [-0.3, -0.25) is 10.1 Å². The molecule has 1 N–H and O–H groups in total. The number of H-pyrrole nitrogens is 1. The maximum atomic E-state index is 11.1. The van der Waals surface area contributed by atoms with Gasteiger partial charge in [-0.25, -0.2) is 0 Å². The molecule has 1 aliphatic rings. The summed E-state index contributed by atoms with van der Waals surface area (Å²) in [4.78, 5) is 13.6. The Labute approximate surface area is 122 Å². The molecule has 0 atom stereocenters. The fraction of sp³-hybridized carbons (Fsp3) is 0.429. The predicted octanol–water partition coefficient (Wildman–Crippen LogP) is 2.38. The third kappa shape index (κ3) is 2.04. The normalized spacial score (nSPS) is 20.1. The van der Waals surface area contributed by atoms with Crippen LogP contribution < -0.4 is 5.46 Å². The molecule has 1 aromatic carbocycles. The largest absolute Gasteiger partial charge is 0.497 e. The van der Waals surface area contributed by atoms with Gasteiger partial charge in [-0.1, -0.05) is 12.1 Å². The van der Waals surface area contributed by atoms with E-state index in [1.807, 2.05) is 33.8 Å². The van der Waals surface area contributed by atoms with Crippen LogP contribution in [0.15, 0.2) is 24.4 Å². The van der Waals surface area contributed by atoms with E-state index in [9.17, 15) is 10.1 Å². The Morgan fingerprint density at radius 3 is 2.38 bits per heavy atom. The van der Waals surface area contributed by atoms with E-state index in [4.69, 9.17) is 9.31 Å². The highest BCUT2D eigenvalue weighted by Gasteiger charge is 2.52. The lowest BCUT2D eigenvalue weighted by molar-refractivity contribution is -0.383. The summed E-state index contributed by atoms with van der Waals surface area (Å²) < 4.78 is 12.0. The molecule has 0 amide bonds. The Morgan fingerprint density at radius 2 is 1.81 bits per heavy atom. The van der Waals surface area contributed by atoms with E-state index in [1.54, 1.807) is 12.3 Å². The second kappa shape index (κ2) is 4.32. The van der Waals surface area contributed by atoms with Crippen LogP contribution in [0, 0.1) is 10.1 Å². The number of aromatic nitrogens is 1. The van der Waals surface area contributed by atoms with Gasteiger partial charge in [0.2, 0.25) is 0 Å². The second-order valence-electron chi connectivity index (χ2n) is 6.29. The number of rotatable bonds is 2. The molecule has 0 unspecified atom stereocenters. The quantitative estimate of drug-likeness (QED) is 0.523. The molecule has 2 heterocycles. The molecular formula is C14H17BN2O4. The Morgan fingerprint density at radius 1 is 1.19 bits per heavy atom. The Kier molecular flexibility index (Phi) is 2.90. The van der Waals surface area contributed by atoms with Crippen LogP contribution in [0.4, 0.5) is 5.69 Å². The topological polar surface area (TPSA) is 77.4 Å². The maximum absolute atomic E-state index is 11.1. The third-order valence-corrected chi connectivity index (χ3v) is 4.43. The molecule has 1 aromatic heterocycles. The number of hydrogen-bond acceptors (Lipinski definition) is 4. The molecule has 6 nitrogen and oxygen atoms in total. The Bertz CT molecular complexity index is 707. The first-order valence-corrected chi connectivity index (χ1v) is 6.83. The van der Waals surface area contributed by atoms with Crippen molar-refractivity contribution in [3.8, 4) is 0 Å². The number of para-hydroxylation sites is 1. The van der Waals surface area contributed by atoms with Crippen molar-refractivity contribution >= 4 is 29.2 Å². The summed E-state index contributed by atoms with van der Waals surface area (Å²) in [6.07, 6.45) is 1.72. The van der Waals surface area contributed by atoms with Gasteiger partial charge in [0.15, 0.2) is 0 Å². The van der Waals surface area contributed by atoms with Crippen LogP contribution in [0.5, 0.6) is 0 Å². The molecule has 0 spiro atoms. The number of fused-ring (bicyclic) bond motifs is 1. The van der Waals surface area contributed by atoms with Crippen LogP contribution in [0.25, 0.3) is 10.9 Å². The minimum absolute atomic E-state index is 0.0512. The van der Waals surface area contributed by atoms with Gasteiger partial charge in [0.05, 0.1) is 16.1 Å². The number of benzene rings is 1. The molecule has 7 heteroatoms. The first kappa shape index (κ1) is 14.1. The van der Waals surface area contributed by atoms with Crippen molar-refractivity contribution in [1.82, 2.24) is 4.98 Å². The van der Waals surface area contributed by atoms with Crippen LogP contribution in [0.1, 0.15) is 27.7 Å². The summed E-state index contributed by atoms with van der Waals surface area (Å²) in [5, 5.41) is 11.8. The molecule has 0 saturated carbocycles. The van der Waals surface area contributed by atoms with Crippen LogP contribution in [-0.4, -0.2) is 28.2 Å². The SMILES string of the molecule is CC1(C)OB(c2c[nH]c3c([N+](=O)[O-])cccc23)OC1(C)C. The molecule has 0 radical (unpaired) electrons. The summed E-state index contributed by atoms with van der Waals surface area (Å²) in [7, 11) is -0.536. The molecule has 0 aliphatic carbocycles. The summed E-state index contributed by atoms with van der Waals surface area (Å²) in [5.41, 5.74) is 0.444. The van der Waals surface area contributed by atoms with Gasteiger partial charge in [0.25, 0.3) is 5.69 Å². The molecule has 21 heavy (non-hydrogen) atoms. The molecule has 3 rings (SSSR count). The van der Waals surface area contributed by atoms with E-state index in [0.717, 1.165) is 10.8 Å². The van der Waals surface area contributed by atoms with Crippen LogP contribution in [-0.2, 0) is 9.31 Å². The summed E-state index contributed by atoms with van der Waals surface area (Å²) >= 11 is 0. The zero-order valence-corrected chi connectivity index (χ0v) is 12.5. The molecule has 110 valence electrons. The smallest absolute Gasteiger partial charge is 0.399 e. The van der Waals surface area contributed by atoms with Crippen LogP contribution in [0.2, 0.25) is 0 Å². The zero-order valence-electron chi connectivity index (χ0n) is 12.5. The zero-order chi connectivity index (χ0) is 15.4. The standard InChI is InChI=1S/C14H17BN2O4/c1-13(2)14(3,4)21-15(20-13)10-8-16-12-9(10)6-5-7-11(12)17(18)19/h5-8,16H,1-4H3. The molecule has 1 saturated heterocycles. The van der Waals surface area contributed by atoms with Gasteiger partial charge in [0, 0.05) is 23.1 Å². The van der Waals surface area contributed by atoms with Crippen molar-refractivity contribution in [2.45, 2.75) is 38.9 Å². The average Bonchev–Trinajstić information content (AvgIpc) is 2.88. The first-order valence-electron chi connectivity index (χ1n) is 6.83. The van der Waals surface area contributed by atoms with Crippen LogP contribution in [0.3, 0.4) is 0 Å². The fourth-order valence-corrected chi connectivity index (χ4v) is 2.48. The van der Waals surface area contributed by atoms with E-state index < -0.39 is 23.2 Å². The van der Waals surface area contributed by atoms with Gasteiger partial charge in [-0.2, -0.15) is 0 Å². The van der Waals surface area contributed by atoms with Gasteiger partial charge in [-0.15, -0.1) is 0 Å². The summed E-state index contributed by atoms with van der Waals surface area (Å²) in [6.45, 7) is 7.91. The number of non-ortho nitro benzene ring substituents is 1. The lowest BCUT2D eigenvalue weighted by Gasteiger charge is -2.32. The monoisotopic (exact) mass is 288 g/mol. The number of nitro groups is 1. The number of nitrogens with one attached hydrogen (secondary N) is 1. The number of hydrogen-bond donors (Lipinski definition) is 1. The van der Waals surface area contributed by atoms with Crippen molar-refractivity contribution in [2.75, 3.05) is 0 Å². The molecular weight excluding hydrogens is 271 g/mol. The third-order valence-electron chi connectivity index (χ3n) is 4.43. The van der Waals surface area contributed by atoms with E-state index in [1.165, 1.54) is 6.07 Å². The minimum Gasteiger partial charge on any atom is -0.399 e. The molecule has 2 aromatic rings. The minimum atomic E-state index is -0.536. The van der Waals surface area contributed by atoms with E-state index in [2.05, 4.69) is 4.98 Å². The number of nitrogens with zero attached hydrogens (tertiary/aromatic N) is 1. The Hall–Kier alpha value is -1.86. The van der Waals surface area contributed by atoms with E-state index in [-0.39, 0.29) is 5.69 Å². The van der Waals surface area contributed by atoms with Gasteiger partial charge >= 0.3 is 7.12 Å². The van der Waals surface area contributed by atoms with Gasteiger partial charge in [-0.05, 0) is 27.7 Å². The number of nitro benzene ring substituents is 1. The Balaban J connectivity index is 2.08. The first-order chi connectivity index (χ1) is 9.73. The lowest BCUT2D eigenvalue weighted by atomic mass is 9.79. The molecule has 0 bridgehead atoms. The average molecular weight is 288 g/mol. The molecule has 1 aliphatic heterocycles. The fourth-order valence-electron chi connectivity index (χ4n) is 2.48. The molecule has 1 fully saturated rings. The highest BCUT2D eigenvalue weighted by Crippen LogP contribution is 2.37. The second-order valence-corrected chi connectivity index (χ2v) is 6.29. The van der Waals surface area contributed by atoms with Crippen molar-refractivity contribution in [3.63, 3.8) is 0 Å². The highest BCUT2D eigenvalue weighted by molar-refractivity contribution is 6.65. The van der Waals surface area contributed by atoms with E-state index in [0.29, 0.717) is 5.52 Å². The maximum Gasteiger partial charge on any atom is 0.497 e. The van der Waals surface area contributed by atoms with E-state index >= 15 is 0 Å². The summed E-state index contributed by atoms with van der Waals surface area (Å²) in [6, 6.07) is 4.98. The van der Waals surface area contributed by atoms with Crippen molar-refractivity contribution in [3.05, 3.63) is 34.5 Å². The number of aromatic amines is 1. The van der Waals surface area contributed by atoms with Crippen molar-refractivity contribution in [1.29, 1.82) is 0 Å². The van der Waals surface area contributed by atoms with Crippen molar-refractivity contribution < 1.29 is 14.2 Å². The van der Waals surface area contributed by atoms with Crippen LogP contribution >= 0.6 is 0 Å². The summed E-state index contributed by atoms with van der Waals surface area (Å²) in [5.74, 6) is 0. The lowest BCUT2D eigenvalue weighted by Crippen LogP contribution is -2.41. The van der Waals surface area contributed by atoms with Gasteiger partial charge in [0.1, 0.15) is 5.52 Å². The predicted molar refractivity (Wildman–Crippen MR) is 80.7 cm³/mol. The van der Waals surface area contributed by atoms with Crippen molar-refractivity contribution in [2.24, 2.45) is 0 Å².